The molecule has 1 amide bonds. The van der Waals surface area contributed by atoms with Crippen molar-refractivity contribution < 1.29 is 9.59 Å². The summed E-state index contributed by atoms with van der Waals surface area (Å²) in [6.07, 6.45) is 3.71. The van der Waals surface area contributed by atoms with E-state index in [0.29, 0.717) is 5.56 Å². The number of carbonyl (C=O) groups excluding carboxylic acids is 2. The Morgan fingerprint density at radius 3 is 2.60 bits per heavy atom. The number of ketones is 1. The fourth-order valence-electron chi connectivity index (χ4n) is 3.11. The van der Waals surface area contributed by atoms with E-state index in [1.54, 1.807) is 17.0 Å². The van der Waals surface area contributed by atoms with Crippen LogP contribution in [0.3, 0.4) is 0 Å². The van der Waals surface area contributed by atoms with Gasteiger partial charge >= 0.3 is 0 Å². The first-order valence-electron chi connectivity index (χ1n) is 7.02. The van der Waals surface area contributed by atoms with E-state index in [1.165, 1.54) is 0 Å². The lowest BCUT2D eigenvalue weighted by atomic mass is 10.0. The van der Waals surface area contributed by atoms with Crippen LogP contribution in [-0.4, -0.2) is 42.3 Å². The van der Waals surface area contributed by atoms with Gasteiger partial charge in [0.2, 0.25) is 0 Å². The zero-order valence-electron chi connectivity index (χ0n) is 11.4. The fourth-order valence-corrected chi connectivity index (χ4v) is 3.11. The van der Waals surface area contributed by atoms with Crippen molar-refractivity contribution in [3.63, 3.8) is 0 Å². The van der Waals surface area contributed by atoms with E-state index in [-0.39, 0.29) is 17.7 Å². The maximum absolute atomic E-state index is 12.2. The summed E-state index contributed by atoms with van der Waals surface area (Å²) in [5.41, 5.74) is 1.33. The molecule has 4 nitrogen and oxygen atoms in total. The van der Waals surface area contributed by atoms with Gasteiger partial charge in [0, 0.05) is 25.7 Å². The number of nitrogens with zero attached hydrogens (tertiary/aromatic N) is 2. The Balaban J connectivity index is 1.80. The Hall–Kier alpha value is -1.94. The number of likely N-dealkylation sites (tertiary alicyclic amines) is 1. The number of rotatable bonds is 3. The summed E-state index contributed by atoms with van der Waals surface area (Å²) in [5.74, 6) is -0.734. The number of para-hydroxylation sites is 1. The molecule has 0 atom stereocenters. The molecule has 3 rings (SSSR count). The molecule has 0 saturated carbocycles. The summed E-state index contributed by atoms with van der Waals surface area (Å²) < 4.78 is 0. The molecule has 2 aliphatic rings. The Bertz CT molecular complexity index is 559. The minimum atomic E-state index is -0.367. The zero-order valence-corrected chi connectivity index (χ0v) is 11.4. The van der Waals surface area contributed by atoms with E-state index in [9.17, 15) is 9.59 Å². The topological polar surface area (TPSA) is 40.6 Å². The van der Waals surface area contributed by atoms with E-state index < -0.39 is 0 Å². The second-order valence-electron chi connectivity index (χ2n) is 5.34. The number of amides is 1. The molecule has 0 bridgehead atoms. The summed E-state index contributed by atoms with van der Waals surface area (Å²) in [7, 11) is 0. The monoisotopic (exact) mass is 270 g/mol. The van der Waals surface area contributed by atoms with E-state index >= 15 is 0 Å². The molecule has 0 N–H and O–H groups in total. The van der Waals surface area contributed by atoms with Crippen LogP contribution in [0, 0.1) is 0 Å². The molecule has 0 spiro atoms. The lowest BCUT2D eigenvalue weighted by Crippen LogP contribution is -2.47. The highest BCUT2D eigenvalue weighted by molar-refractivity contribution is 6.52. The number of anilines is 1. The SMILES string of the molecule is C=CCN1CCC(N2C(=O)C(=O)c3ccccc32)CC1. The van der Waals surface area contributed by atoms with Gasteiger partial charge in [-0.1, -0.05) is 18.2 Å². The predicted molar refractivity (Wildman–Crippen MR) is 77.9 cm³/mol. The van der Waals surface area contributed by atoms with Crippen molar-refractivity contribution >= 4 is 17.4 Å². The van der Waals surface area contributed by atoms with Crippen molar-refractivity contribution in [1.29, 1.82) is 0 Å². The number of Topliss-reactive ketones (excluding diaryl/α,β-unsaturated/α-hetero) is 1. The van der Waals surface area contributed by atoms with Crippen LogP contribution < -0.4 is 4.90 Å². The van der Waals surface area contributed by atoms with Gasteiger partial charge in [0.1, 0.15) is 0 Å². The molecule has 20 heavy (non-hydrogen) atoms. The van der Waals surface area contributed by atoms with Crippen LogP contribution in [-0.2, 0) is 4.79 Å². The van der Waals surface area contributed by atoms with Crippen molar-refractivity contribution in [3.8, 4) is 0 Å². The molecule has 104 valence electrons. The molecular weight excluding hydrogens is 252 g/mol. The molecule has 0 unspecified atom stereocenters. The van der Waals surface area contributed by atoms with Crippen LogP contribution in [0.2, 0.25) is 0 Å². The minimum absolute atomic E-state index is 0.135. The Morgan fingerprint density at radius 1 is 1.20 bits per heavy atom. The first-order chi connectivity index (χ1) is 9.72. The standard InChI is InChI=1S/C16H18N2O2/c1-2-9-17-10-7-12(8-11-17)18-14-6-4-3-5-13(14)15(19)16(18)20/h2-6,12H,1,7-11H2. The second-order valence-corrected chi connectivity index (χ2v) is 5.34. The predicted octanol–water partition coefficient (Wildman–Crippen LogP) is 1.87. The second kappa shape index (κ2) is 5.21. The van der Waals surface area contributed by atoms with Crippen LogP contribution in [0.4, 0.5) is 5.69 Å². The smallest absolute Gasteiger partial charge is 0.299 e. The summed E-state index contributed by atoms with van der Waals surface area (Å²) in [4.78, 5) is 28.2. The summed E-state index contributed by atoms with van der Waals surface area (Å²) >= 11 is 0. The van der Waals surface area contributed by atoms with Gasteiger partial charge < -0.3 is 4.90 Å². The van der Waals surface area contributed by atoms with Crippen molar-refractivity contribution in [1.82, 2.24) is 4.90 Å². The first-order valence-corrected chi connectivity index (χ1v) is 7.02. The minimum Gasteiger partial charge on any atom is -0.302 e. The highest BCUT2D eigenvalue weighted by Gasteiger charge is 2.40. The number of fused-ring (bicyclic) bond motifs is 1. The van der Waals surface area contributed by atoms with Crippen molar-refractivity contribution in [3.05, 3.63) is 42.5 Å². The maximum atomic E-state index is 12.2. The molecule has 0 radical (unpaired) electrons. The third-order valence-electron chi connectivity index (χ3n) is 4.13. The van der Waals surface area contributed by atoms with Crippen LogP contribution in [0.15, 0.2) is 36.9 Å². The number of hydrogen-bond donors (Lipinski definition) is 0. The van der Waals surface area contributed by atoms with Gasteiger partial charge in [-0.2, -0.15) is 0 Å². The molecule has 0 aromatic heterocycles. The van der Waals surface area contributed by atoms with Gasteiger partial charge in [-0.05, 0) is 25.0 Å². The Kier molecular flexibility index (Phi) is 3.40. The van der Waals surface area contributed by atoms with Crippen molar-refractivity contribution in [2.45, 2.75) is 18.9 Å². The number of benzene rings is 1. The molecular formula is C16H18N2O2. The number of carbonyl (C=O) groups is 2. The fraction of sp³-hybridized carbons (Fsp3) is 0.375. The van der Waals surface area contributed by atoms with Gasteiger partial charge in [-0.15, -0.1) is 6.58 Å². The summed E-state index contributed by atoms with van der Waals surface area (Å²) in [6.45, 7) is 6.52. The molecule has 1 saturated heterocycles. The highest BCUT2D eigenvalue weighted by atomic mass is 16.2. The normalized spacial score (nSPS) is 20.3. The third-order valence-corrected chi connectivity index (χ3v) is 4.13. The quantitative estimate of drug-likeness (QED) is 0.622. The molecule has 1 fully saturated rings. The lowest BCUT2D eigenvalue weighted by molar-refractivity contribution is -0.114. The molecule has 1 aromatic carbocycles. The van der Waals surface area contributed by atoms with Gasteiger partial charge in [-0.25, -0.2) is 0 Å². The highest BCUT2D eigenvalue weighted by Crippen LogP contribution is 2.33. The van der Waals surface area contributed by atoms with Crippen molar-refractivity contribution in [2.24, 2.45) is 0 Å². The van der Waals surface area contributed by atoms with Crippen molar-refractivity contribution in [2.75, 3.05) is 24.5 Å². The Labute approximate surface area is 118 Å². The summed E-state index contributed by atoms with van der Waals surface area (Å²) in [5, 5.41) is 0. The van der Waals surface area contributed by atoms with E-state index in [2.05, 4.69) is 11.5 Å². The molecule has 4 heteroatoms. The van der Waals surface area contributed by atoms with Gasteiger partial charge in [0.25, 0.3) is 11.7 Å². The first kappa shape index (κ1) is 13.1. The van der Waals surface area contributed by atoms with Crippen LogP contribution in [0.5, 0.6) is 0 Å². The van der Waals surface area contributed by atoms with Crippen LogP contribution in [0.25, 0.3) is 0 Å². The number of hydrogen-bond acceptors (Lipinski definition) is 3. The maximum Gasteiger partial charge on any atom is 0.299 e. The van der Waals surface area contributed by atoms with E-state index in [4.69, 9.17) is 0 Å². The van der Waals surface area contributed by atoms with Gasteiger partial charge in [-0.3, -0.25) is 14.5 Å². The number of piperidine rings is 1. The zero-order chi connectivity index (χ0) is 14.1. The molecule has 2 aliphatic heterocycles. The third kappa shape index (κ3) is 2.06. The largest absolute Gasteiger partial charge is 0.302 e. The van der Waals surface area contributed by atoms with Crippen LogP contribution >= 0.6 is 0 Å². The average Bonchev–Trinajstić information content (AvgIpc) is 2.73. The molecule has 1 aromatic rings. The Morgan fingerprint density at radius 2 is 1.90 bits per heavy atom. The van der Waals surface area contributed by atoms with E-state index in [1.807, 2.05) is 18.2 Å². The summed E-state index contributed by atoms with van der Waals surface area (Å²) in [6, 6.07) is 7.43. The van der Waals surface area contributed by atoms with Gasteiger partial charge in [0.15, 0.2) is 0 Å². The van der Waals surface area contributed by atoms with E-state index in [0.717, 1.165) is 38.2 Å². The molecule has 0 aliphatic carbocycles. The average molecular weight is 270 g/mol. The van der Waals surface area contributed by atoms with Gasteiger partial charge in [0.05, 0.1) is 11.3 Å². The lowest BCUT2D eigenvalue weighted by Gasteiger charge is -2.36. The molecule has 2 heterocycles. The van der Waals surface area contributed by atoms with Crippen LogP contribution in [0.1, 0.15) is 23.2 Å².